The fraction of sp³-hybridized carbons (Fsp3) is 0.379. The van der Waals surface area contributed by atoms with Gasteiger partial charge in [0.25, 0.3) is 0 Å². The standard InChI is InChI=1S/C29H31IO2S/c1-4-29(13-7-8-14-29)15-16-31-27-20(3)17-19(2)18-23(27)21-11-12-24(32-30)26-22-9-5-6-10-25(22)33-28(21)26/h5-6,9-12,17-18H,4,7-8,13-16H2,1-3H3. The van der Waals surface area contributed by atoms with Crippen LogP contribution in [0.25, 0.3) is 31.3 Å². The van der Waals surface area contributed by atoms with Crippen molar-refractivity contribution in [3.8, 4) is 22.6 Å². The molecule has 5 rings (SSSR count). The maximum Gasteiger partial charge on any atom is 0.192 e. The number of rotatable bonds is 7. The van der Waals surface area contributed by atoms with E-state index >= 15 is 0 Å². The van der Waals surface area contributed by atoms with Gasteiger partial charge in [-0.25, -0.2) is 0 Å². The molecular formula is C29H31IO2S. The van der Waals surface area contributed by atoms with E-state index in [1.807, 2.05) is 34.3 Å². The third-order valence-corrected chi connectivity index (χ3v) is 9.25. The van der Waals surface area contributed by atoms with E-state index < -0.39 is 0 Å². The second-order valence-corrected chi connectivity index (χ2v) is 11.1. The summed E-state index contributed by atoms with van der Waals surface area (Å²) in [5.74, 6) is 1.96. The van der Waals surface area contributed by atoms with Gasteiger partial charge in [0.05, 0.1) is 6.61 Å². The average Bonchev–Trinajstić information content (AvgIpc) is 3.45. The topological polar surface area (TPSA) is 18.5 Å². The number of thiophene rings is 1. The van der Waals surface area contributed by atoms with Gasteiger partial charge in [-0.05, 0) is 73.9 Å². The zero-order valence-electron chi connectivity index (χ0n) is 19.7. The van der Waals surface area contributed by atoms with Crippen molar-refractivity contribution < 1.29 is 7.80 Å². The van der Waals surface area contributed by atoms with E-state index in [2.05, 4.69) is 69.3 Å². The summed E-state index contributed by atoms with van der Waals surface area (Å²) < 4.78 is 14.9. The molecule has 1 aromatic heterocycles. The fourth-order valence-corrected chi connectivity index (χ4v) is 7.31. The van der Waals surface area contributed by atoms with Crippen LogP contribution < -0.4 is 7.80 Å². The molecule has 3 aromatic carbocycles. The quantitative estimate of drug-likeness (QED) is 0.206. The van der Waals surface area contributed by atoms with Crippen LogP contribution >= 0.6 is 34.3 Å². The van der Waals surface area contributed by atoms with E-state index in [9.17, 15) is 0 Å². The van der Waals surface area contributed by atoms with Gasteiger partial charge in [0.15, 0.2) is 23.0 Å². The molecule has 0 radical (unpaired) electrons. The number of aryl methyl sites for hydroxylation is 2. The van der Waals surface area contributed by atoms with Crippen LogP contribution in [-0.4, -0.2) is 6.61 Å². The van der Waals surface area contributed by atoms with Crippen LogP contribution in [0.15, 0.2) is 48.5 Å². The Morgan fingerprint density at radius 1 is 1.00 bits per heavy atom. The summed E-state index contributed by atoms with van der Waals surface area (Å²) in [6.07, 6.45) is 7.86. The maximum absolute atomic E-state index is 6.62. The predicted molar refractivity (Wildman–Crippen MR) is 150 cm³/mol. The Balaban J connectivity index is 1.59. The van der Waals surface area contributed by atoms with Crippen LogP contribution in [0.3, 0.4) is 0 Å². The van der Waals surface area contributed by atoms with Crippen LogP contribution in [0.2, 0.25) is 0 Å². The molecule has 1 heterocycles. The largest absolute Gasteiger partial charge is 0.493 e. The molecule has 0 aliphatic heterocycles. The minimum Gasteiger partial charge on any atom is -0.493 e. The van der Waals surface area contributed by atoms with Crippen molar-refractivity contribution >= 4 is 54.5 Å². The van der Waals surface area contributed by atoms with Crippen LogP contribution in [0.5, 0.6) is 11.5 Å². The molecule has 0 amide bonds. The molecule has 0 unspecified atom stereocenters. The SMILES string of the molecule is CCC1(CCOc2c(C)cc(C)cc2-c2ccc(OI)c3c2sc2ccccc23)CCCC1. The molecule has 0 bridgehead atoms. The molecule has 4 aromatic rings. The molecule has 1 aliphatic carbocycles. The van der Waals surface area contributed by atoms with Gasteiger partial charge in [-0.1, -0.05) is 50.5 Å². The normalized spacial score (nSPS) is 15.4. The van der Waals surface area contributed by atoms with Crippen molar-refractivity contribution in [2.75, 3.05) is 6.61 Å². The van der Waals surface area contributed by atoms with Crippen molar-refractivity contribution in [2.45, 2.75) is 59.3 Å². The van der Waals surface area contributed by atoms with Crippen molar-refractivity contribution in [1.29, 1.82) is 0 Å². The third-order valence-electron chi connectivity index (χ3n) is 7.57. The molecule has 1 saturated carbocycles. The van der Waals surface area contributed by atoms with Gasteiger partial charge in [0.2, 0.25) is 0 Å². The van der Waals surface area contributed by atoms with E-state index in [4.69, 9.17) is 7.80 Å². The van der Waals surface area contributed by atoms with E-state index in [0.717, 1.165) is 24.5 Å². The van der Waals surface area contributed by atoms with Crippen LogP contribution in [0, 0.1) is 19.3 Å². The summed E-state index contributed by atoms with van der Waals surface area (Å²) in [6, 6.07) is 17.5. The zero-order valence-corrected chi connectivity index (χ0v) is 22.6. The number of halogens is 1. The van der Waals surface area contributed by atoms with Crippen molar-refractivity contribution in [1.82, 2.24) is 0 Å². The Morgan fingerprint density at radius 2 is 1.79 bits per heavy atom. The van der Waals surface area contributed by atoms with E-state index in [1.165, 1.54) is 74.5 Å². The van der Waals surface area contributed by atoms with Gasteiger partial charge in [-0.15, -0.1) is 11.3 Å². The highest BCUT2D eigenvalue weighted by Crippen LogP contribution is 2.48. The first-order chi connectivity index (χ1) is 16.0. The molecule has 0 atom stereocenters. The minimum absolute atomic E-state index is 0.483. The summed E-state index contributed by atoms with van der Waals surface area (Å²) >= 11 is 3.84. The second-order valence-electron chi connectivity index (χ2n) is 9.61. The van der Waals surface area contributed by atoms with E-state index in [-0.39, 0.29) is 0 Å². The Bertz CT molecular complexity index is 1300. The molecule has 0 saturated heterocycles. The zero-order chi connectivity index (χ0) is 23.0. The molecular weight excluding hydrogens is 539 g/mol. The van der Waals surface area contributed by atoms with Crippen molar-refractivity contribution in [3.63, 3.8) is 0 Å². The van der Waals surface area contributed by atoms with Gasteiger partial charge in [-0.2, -0.15) is 0 Å². The Labute approximate surface area is 215 Å². The highest BCUT2D eigenvalue weighted by Gasteiger charge is 2.31. The van der Waals surface area contributed by atoms with Crippen molar-refractivity contribution in [2.24, 2.45) is 5.41 Å². The Morgan fingerprint density at radius 3 is 2.55 bits per heavy atom. The van der Waals surface area contributed by atoms with Crippen LogP contribution in [-0.2, 0) is 0 Å². The van der Waals surface area contributed by atoms with E-state index in [0.29, 0.717) is 5.41 Å². The summed E-state index contributed by atoms with van der Waals surface area (Å²) in [7, 11) is 0. The lowest BCUT2D eigenvalue weighted by Gasteiger charge is -2.28. The number of hydrogen-bond acceptors (Lipinski definition) is 3. The number of fused-ring (bicyclic) bond motifs is 3. The molecule has 172 valence electrons. The van der Waals surface area contributed by atoms with Gasteiger partial charge in [0.1, 0.15) is 11.5 Å². The smallest absolute Gasteiger partial charge is 0.192 e. The highest BCUT2D eigenvalue weighted by molar-refractivity contribution is 14.1. The number of hydrogen-bond donors (Lipinski definition) is 0. The molecule has 0 spiro atoms. The Kier molecular flexibility index (Phi) is 6.58. The number of ether oxygens (including phenoxy) is 1. The molecule has 1 aliphatic rings. The average molecular weight is 571 g/mol. The maximum atomic E-state index is 6.62. The third kappa shape index (κ3) is 4.25. The first kappa shape index (κ1) is 23.0. The predicted octanol–water partition coefficient (Wildman–Crippen LogP) is 9.81. The molecule has 2 nitrogen and oxygen atoms in total. The monoisotopic (exact) mass is 570 g/mol. The first-order valence-electron chi connectivity index (χ1n) is 12.0. The Hall–Kier alpha value is -1.79. The van der Waals surface area contributed by atoms with E-state index in [1.54, 1.807) is 0 Å². The van der Waals surface area contributed by atoms with Gasteiger partial charge >= 0.3 is 0 Å². The molecule has 33 heavy (non-hydrogen) atoms. The summed E-state index contributed by atoms with van der Waals surface area (Å²) in [6.45, 7) is 7.49. The minimum atomic E-state index is 0.483. The van der Waals surface area contributed by atoms with Gasteiger partial charge in [-0.3, -0.25) is 0 Å². The molecule has 1 fully saturated rings. The second kappa shape index (κ2) is 9.46. The molecule has 0 N–H and O–H groups in total. The fourth-order valence-electron chi connectivity index (χ4n) is 5.70. The van der Waals surface area contributed by atoms with Gasteiger partial charge < -0.3 is 7.80 Å². The lowest BCUT2D eigenvalue weighted by molar-refractivity contribution is 0.191. The highest BCUT2D eigenvalue weighted by atomic mass is 127. The summed E-state index contributed by atoms with van der Waals surface area (Å²) in [5.41, 5.74) is 5.39. The number of benzene rings is 3. The lowest BCUT2D eigenvalue weighted by Crippen LogP contribution is -2.19. The molecule has 4 heteroatoms. The lowest BCUT2D eigenvalue weighted by atomic mass is 9.80. The summed E-state index contributed by atoms with van der Waals surface area (Å²) in [5, 5.41) is 2.45. The first-order valence-corrected chi connectivity index (χ1v) is 13.7. The van der Waals surface area contributed by atoms with Crippen LogP contribution in [0.4, 0.5) is 0 Å². The van der Waals surface area contributed by atoms with Gasteiger partial charge in [0, 0.05) is 31.3 Å². The van der Waals surface area contributed by atoms with Crippen LogP contribution in [0.1, 0.15) is 56.6 Å². The summed E-state index contributed by atoms with van der Waals surface area (Å²) in [4.78, 5) is 0. The van der Waals surface area contributed by atoms with Crippen molar-refractivity contribution in [3.05, 3.63) is 59.7 Å².